The number of carbonyl (C=O) groups excluding carboxylic acids is 1. The van der Waals surface area contributed by atoms with Gasteiger partial charge in [0.1, 0.15) is 0 Å². The fourth-order valence-corrected chi connectivity index (χ4v) is 4.06. The van der Waals surface area contributed by atoms with Crippen LogP contribution in [0.4, 0.5) is 0 Å². The molecule has 0 saturated heterocycles. The molecule has 3 heterocycles. The third-order valence-electron chi connectivity index (χ3n) is 5.24. The van der Waals surface area contributed by atoms with E-state index in [2.05, 4.69) is 83.2 Å². The first-order valence-corrected chi connectivity index (χ1v) is 11.0. The summed E-state index contributed by atoms with van der Waals surface area (Å²) in [4.78, 5) is 14.8. The van der Waals surface area contributed by atoms with Crippen molar-refractivity contribution in [3.05, 3.63) is 78.3 Å². The number of nitrogens with zero attached hydrogens (tertiary/aromatic N) is 4. The first-order valence-electron chi connectivity index (χ1n) is 11.0. The molecule has 1 N–H and O–H groups in total. The van der Waals surface area contributed by atoms with Crippen molar-refractivity contribution in [3.8, 4) is 5.82 Å². The van der Waals surface area contributed by atoms with Gasteiger partial charge in [-0.15, -0.1) is 0 Å². The van der Waals surface area contributed by atoms with Crippen molar-refractivity contribution in [3.63, 3.8) is 0 Å². The summed E-state index contributed by atoms with van der Waals surface area (Å²) >= 11 is 0. The van der Waals surface area contributed by atoms with Gasteiger partial charge in [-0.1, -0.05) is 62.4 Å². The van der Waals surface area contributed by atoms with Gasteiger partial charge in [-0.05, 0) is 54.4 Å². The number of hydrogen-bond donors (Lipinski definition) is 1. The van der Waals surface area contributed by atoms with E-state index < -0.39 is 0 Å². The molecule has 1 radical (unpaired) electrons. The molecule has 0 spiro atoms. The molecule has 0 unspecified atom stereocenters. The maximum Gasteiger partial charge on any atom is 0.155 e. The molecule has 0 aliphatic rings. The van der Waals surface area contributed by atoms with Crippen molar-refractivity contribution < 1.29 is 30.0 Å². The summed E-state index contributed by atoms with van der Waals surface area (Å²) in [5.41, 5.74) is 3.07. The van der Waals surface area contributed by atoms with E-state index in [4.69, 9.17) is 10.1 Å². The van der Waals surface area contributed by atoms with Gasteiger partial charge in [0, 0.05) is 48.8 Å². The zero-order valence-electron chi connectivity index (χ0n) is 19.6. The van der Waals surface area contributed by atoms with Crippen molar-refractivity contribution in [1.29, 1.82) is 0 Å². The van der Waals surface area contributed by atoms with Gasteiger partial charge in [0.25, 0.3) is 0 Å². The van der Waals surface area contributed by atoms with Crippen LogP contribution in [-0.4, -0.2) is 25.5 Å². The van der Waals surface area contributed by atoms with Crippen LogP contribution >= 0.6 is 0 Å². The van der Waals surface area contributed by atoms with E-state index >= 15 is 0 Å². The molecular formula is C27H27IrN4O2-. The van der Waals surface area contributed by atoms with Crippen LogP contribution in [0.2, 0.25) is 0 Å². The van der Waals surface area contributed by atoms with Crippen LogP contribution in [-0.2, 0) is 31.3 Å². The van der Waals surface area contributed by atoms with Crippen LogP contribution < -0.4 is 5.10 Å². The zero-order valence-corrected chi connectivity index (χ0v) is 22.0. The minimum absolute atomic E-state index is 0. The van der Waals surface area contributed by atoms with Crippen LogP contribution in [0.5, 0.6) is 0 Å². The van der Waals surface area contributed by atoms with Crippen LogP contribution in [0.15, 0.2) is 72.6 Å². The Balaban J connectivity index is 0.000000357. The molecule has 0 saturated carbocycles. The normalized spacial score (nSPS) is 11.5. The molecule has 6 nitrogen and oxygen atoms in total. The average Bonchev–Trinajstić information content (AvgIpc) is 3.34. The Morgan fingerprint density at radius 2 is 1.76 bits per heavy atom. The molecule has 2 aromatic carbocycles. The molecule has 0 aliphatic heterocycles. The Bertz CT molecular complexity index is 1480. The monoisotopic (exact) mass is 632 g/mol. The van der Waals surface area contributed by atoms with Crippen LogP contribution in [0.1, 0.15) is 33.4 Å². The fraction of sp³-hybridized carbons (Fsp3) is 0.222. The van der Waals surface area contributed by atoms with Crippen molar-refractivity contribution >= 4 is 38.5 Å². The Labute approximate surface area is 212 Å². The molecule has 0 atom stereocenters. The van der Waals surface area contributed by atoms with E-state index in [1.165, 1.54) is 36.1 Å². The fourth-order valence-electron chi connectivity index (χ4n) is 4.06. The number of pyridine rings is 1. The second-order valence-electron chi connectivity index (χ2n) is 8.58. The number of aliphatic hydroxyl groups is 1. The summed E-state index contributed by atoms with van der Waals surface area (Å²) in [5, 5.41) is 22.0. The van der Waals surface area contributed by atoms with E-state index in [1.54, 1.807) is 0 Å². The summed E-state index contributed by atoms with van der Waals surface area (Å²) in [6, 6.07) is 18.9. The number of hydrogen-bond acceptors (Lipinski definition) is 4. The van der Waals surface area contributed by atoms with E-state index in [-0.39, 0.29) is 31.6 Å². The maximum absolute atomic E-state index is 10.0. The van der Waals surface area contributed by atoms with Gasteiger partial charge in [0.05, 0.1) is 11.4 Å². The smallest absolute Gasteiger partial charge is 0.155 e. The topological polar surface area (TPSA) is 82.1 Å². The Kier molecular flexibility index (Phi) is 8.02. The number of aromatic nitrogens is 4. The van der Waals surface area contributed by atoms with Crippen molar-refractivity contribution in [2.75, 3.05) is 0 Å². The molecular weight excluding hydrogens is 605 g/mol. The van der Waals surface area contributed by atoms with E-state index in [9.17, 15) is 4.79 Å². The number of benzene rings is 2. The average molecular weight is 632 g/mol. The second-order valence-corrected chi connectivity index (χ2v) is 8.58. The van der Waals surface area contributed by atoms with Gasteiger partial charge in [-0.3, -0.25) is 14.9 Å². The molecule has 0 fully saturated rings. The Hall–Kier alpha value is -3.28. The Morgan fingerprint density at radius 3 is 2.41 bits per heavy atom. The minimum atomic E-state index is -0.125. The van der Waals surface area contributed by atoms with Crippen LogP contribution in [0.25, 0.3) is 38.5 Å². The quantitative estimate of drug-likeness (QED) is 0.197. The number of aliphatic hydroxyl groups excluding tert-OH is 1. The number of fused-ring (bicyclic) bond motifs is 5. The number of ketones is 1. The van der Waals surface area contributed by atoms with Gasteiger partial charge in [0.2, 0.25) is 0 Å². The summed E-state index contributed by atoms with van der Waals surface area (Å²) in [6.45, 7) is 7.24. The number of allylic oxidation sites excluding steroid dienone is 2. The molecule has 0 amide bonds. The van der Waals surface area contributed by atoms with Crippen molar-refractivity contribution in [1.82, 2.24) is 19.7 Å². The standard InChI is InChI=1S/C22H19N4.C5H8O2.Ir/c1-14(2)11-16-12-20(25-24-16)26-19-10-6-5-9-18(19)21-17-8-4-3-7-15(17)13-23-22(21)26;1-4(6)3-5(2)7;/h3-10,12-14H,11H2,1-2H3;3,6H,1-2H3;/q-1;;/b;4-3-;. The number of carbonyl (C=O) groups is 1. The molecule has 7 heteroatoms. The summed E-state index contributed by atoms with van der Waals surface area (Å²) in [6.07, 6.45) is 4.04. The number of rotatable bonds is 4. The molecule has 5 aromatic rings. The third kappa shape index (κ3) is 5.27. The van der Waals surface area contributed by atoms with E-state index in [0.717, 1.165) is 34.5 Å². The minimum Gasteiger partial charge on any atom is -0.512 e. The van der Waals surface area contributed by atoms with E-state index in [1.807, 2.05) is 6.20 Å². The molecule has 0 bridgehead atoms. The number of para-hydroxylation sites is 1. The van der Waals surface area contributed by atoms with Crippen molar-refractivity contribution in [2.24, 2.45) is 5.92 Å². The largest absolute Gasteiger partial charge is 0.512 e. The van der Waals surface area contributed by atoms with Gasteiger partial charge < -0.3 is 14.8 Å². The van der Waals surface area contributed by atoms with Gasteiger partial charge in [-0.25, -0.2) is 0 Å². The van der Waals surface area contributed by atoms with Crippen LogP contribution in [0, 0.1) is 5.92 Å². The Morgan fingerprint density at radius 1 is 1.09 bits per heavy atom. The summed E-state index contributed by atoms with van der Waals surface area (Å²) < 4.78 is 2.13. The summed E-state index contributed by atoms with van der Waals surface area (Å²) in [5.74, 6) is 1.34. The third-order valence-corrected chi connectivity index (χ3v) is 5.24. The molecule has 5 rings (SSSR count). The summed E-state index contributed by atoms with van der Waals surface area (Å²) in [7, 11) is 0. The van der Waals surface area contributed by atoms with Crippen LogP contribution in [0.3, 0.4) is 0 Å². The first kappa shape index (κ1) is 25.3. The predicted octanol–water partition coefficient (Wildman–Crippen LogP) is 5.92. The molecule has 0 aliphatic carbocycles. The van der Waals surface area contributed by atoms with Gasteiger partial charge in [-0.2, -0.15) is 0 Å². The van der Waals surface area contributed by atoms with Gasteiger partial charge >= 0.3 is 0 Å². The van der Waals surface area contributed by atoms with Gasteiger partial charge in [0.15, 0.2) is 5.78 Å². The maximum atomic E-state index is 10.0. The van der Waals surface area contributed by atoms with E-state index in [0.29, 0.717) is 5.92 Å². The predicted molar refractivity (Wildman–Crippen MR) is 133 cm³/mol. The molecule has 3 aromatic heterocycles. The SMILES string of the molecule is CC(=O)/C=C(/C)O.CC(C)Cc1cc(-n2c3ccccc3c3c4ccccc4cnc32)[n-]n1.[Ir]. The molecule has 177 valence electrons. The second kappa shape index (κ2) is 10.8. The zero-order chi connectivity index (χ0) is 23.5. The van der Waals surface area contributed by atoms with Crippen molar-refractivity contribution in [2.45, 2.75) is 34.1 Å². The molecule has 34 heavy (non-hydrogen) atoms. The first-order chi connectivity index (χ1) is 15.8.